The second-order valence-corrected chi connectivity index (χ2v) is 5.27. The Balaban J connectivity index is 1.75. The Bertz CT molecular complexity index is 825. The summed E-state index contributed by atoms with van der Waals surface area (Å²) in [4.78, 5) is 4.30. The Labute approximate surface area is 130 Å². The van der Waals surface area contributed by atoms with Crippen molar-refractivity contribution in [3.63, 3.8) is 0 Å². The molecule has 108 valence electrons. The summed E-state index contributed by atoms with van der Waals surface area (Å²) in [7, 11) is 0. The Morgan fingerprint density at radius 2 is 2.18 bits per heavy atom. The number of allylic oxidation sites excluding steroid dienone is 1. The van der Waals surface area contributed by atoms with Crippen LogP contribution in [-0.4, -0.2) is 25.2 Å². The van der Waals surface area contributed by atoms with E-state index < -0.39 is 0 Å². The van der Waals surface area contributed by atoms with E-state index in [1.54, 1.807) is 10.9 Å². The summed E-state index contributed by atoms with van der Waals surface area (Å²) in [6, 6.07) is 9.68. The second kappa shape index (κ2) is 6.15. The lowest BCUT2D eigenvalue weighted by Crippen LogP contribution is -1.96. The standard InChI is InChI=1S/C14H11N7S/c1-10-8-22-14(18-10)11(6-15)7-16-12-2-4-13(5-3-12)21-9-17-19-20-21/h2-5,7-9,16H,1H3/b11-7+. The van der Waals surface area contributed by atoms with Crippen LogP contribution < -0.4 is 5.32 Å². The fourth-order valence-corrected chi connectivity index (χ4v) is 2.53. The van der Waals surface area contributed by atoms with Gasteiger partial charge in [-0.1, -0.05) is 0 Å². The van der Waals surface area contributed by atoms with Crippen molar-refractivity contribution in [1.29, 1.82) is 5.26 Å². The van der Waals surface area contributed by atoms with Gasteiger partial charge in [0.1, 0.15) is 23.0 Å². The maximum absolute atomic E-state index is 9.22. The van der Waals surface area contributed by atoms with Crippen molar-refractivity contribution in [3.05, 3.63) is 52.9 Å². The minimum atomic E-state index is 0.502. The molecule has 0 amide bonds. The summed E-state index contributed by atoms with van der Waals surface area (Å²) < 4.78 is 1.57. The summed E-state index contributed by atoms with van der Waals surface area (Å²) in [6.07, 6.45) is 3.19. The van der Waals surface area contributed by atoms with Gasteiger partial charge in [0.25, 0.3) is 0 Å². The summed E-state index contributed by atoms with van der Waals surface area (Å²) in [5.41, 5.74) is 3.13. The molecule has 0 spiro atoms. The Hall–Kier alpha value is -3.05. The molecule has 0 saturated heterocycles. The van der Waals surface area contributed by atoms with Gasteiger partial charge in [-0.05, 0) is 41.6 Å². The number of hydrogen-bond acceptors (Lipinski definition) is 7. The fourth-order valence-electron chi connectivity index (χ4n) is 1.77. The highest BCUT2D eigenvalue weighted by Crippen LogP contribution is 2.19. The quantitative estimate of drug-likeness (QED) is 0.744. The molecule has 0 aliphatic rings. The zero-order valence-electron chi connectivity index (χ0n) is 11.6. The smallest absolute Gasteiger partial charge is 0.143 e. The van der Waals surface area contributed by atoms with Crippen LogP contribution >= 0.6 is 11.3 Å². The van der Waals surface area contributed by atoms with Gasteiger partial charge < -0.3 is 5.32 Å². The van der Waals surface area contributed by atoms with Crippen LogP contribution in [0.3, 0.4) is 0 Å². The van der Waals surface area contributed by atoms with Gasteiger partial charge in [0, 0.05) is 23.0 Å². The van der Waals surface area contributed by atoms with Crippen LogP contribution in [0.2, 0.25) is 0 Å². The predicted octanol–water partition coefficient (Wildman–Crippen LogP) is 2.40. The largest absolute Gasteiger partial charge is 0.360 e. The summed E-state index contributed by atoms with van der Waals surface area (Å²) in [6.45, 7) is 1.90. The fraction of sp³-hybridized carbons (Fsp3) is 0.0714. The predicted molar refractivity (Wildman–Crippen MR) is 83.2 cm³/mol. The first-order valence-electron chi connectivity index (χ1n) is 6.39. The minimum Gasteiger partial charge on any atom is -0.360 e. The average Bonchev–Trinajstić information content (AvgIpc) is 3.20. The number of tetrazole rings is 1. The monoisotopic (exact) mass is 309 g/mol. The Morgan fingerprint density at radius 1 is 1.36 bits per heavy atom. The molecule has 22 heavy (non-hydrogen) atoms. The highest BCUT2D eigenvalue weighted by Gasteiger charge is 2.05. The molecule has 0 unspecified atom stereocenters. The lowest BCUT2D eigenvalue weighted by molar-refractivity contribution is 0.789. The molecular weight excluding hydrogens is 298 g/mol. The molecule has 3 rings (SSSR count). The Morgan fingerprint density at radius 3 is 2.77 bits per heavy atom. The molecule has 7 nitrogen and oxygen atoms in total. The van der Waals surface area contributed by atoms with Crippen molar-refractivity contribution >= 4 is 22.6 Å². The number of anilines is 1. The number of rotatable bonds is 4. The molecule has 0 bridgehead atoms. The van der Waals surface area contributed by atoms with Gasteiger partial charge in [0.05, 0.1) is 5.69 Å². The zero-order valence-corrected chi connectivity index (χ0v) is 12.4. The average molecular weight is 309 g/mol. The van der Waals surface area contributed by atoms with Crippen LogP contribution in [0.25, 0.3) is 11.3 Å². The second-order valence-electron chi connectivity index (χ2n) is 4.41. The van der Waals surface area contributed by atoms with Gasteiger partial charge in [0.15, 0.2) is 0 Å². The molecule has 0 fully saturated rings. The van der Waals surface area contributed by atoms with Crippen LogP contribution in [0.5, 0.6) is 0 Å². The lowest BCUT2D eigenvalue weighted by atomic mass is 10.2. The van der Waals surface area contributed by atoms with E-state index in [0.717, 1.165) is 17.1 Å². The van der Waals surface area contributed by atoms with Crippen molar-refractivity contribution < 1.29 is 0 Å². The van der Waals surface area contributed by atoms with E-state index in [4.69, 9.17) is 0 Å². The summed E-state index contributed by atoms with van der Waals surface area (Å²) >= 11 is 1.45. The van der Waals surface area contributed by atoms with Crippen LogP contribution in [-0.2, 0) is 0 Å². The molecule has 0 saturated carbocycles. The van der Waals surface area contributed by atoms with Gasteiger partial charge in [-0.3, -0.25) is 0 Å². The van der Waals surface area contributed by atoms with E-state index in [-0.39, 0.29) is 0 Å². The van der Waals surface area contributed by atoms with Crippen molar-refractivity contribution in [1.82, 2.24) is 25.2 Å². The lowest BCUT2D eigenvalue weighted by Gasteiger charge is -2.03. The summed E-state index contributed by atoms with van der Waals surface area (Å²) in [5.74, 6) is 0. The third kappa shape index (κ3) is 2.99. The number of benzene rings is 1. The van der Waals surface area contributed by atoms with Crippen LogP contribution in [0.1, 0.15) is 10.7 Å². The molecule has 0 radical (unpaired) electrons. The number of nitrogens with one attached hydrogen (secondary N) is 1. The molecule has 0 atom stereocenters. The van der Waals surface area contributed by atoms with Crippen molar-refractivity contribution in [3.8, 4) is 11.8 Å². The third-order valence-corrected chi connectivity index (χ3v) is 3.83. The highest BCUT2D eigenvalue weighted by atomic mass is 32.1. The molecule has 3 aromatic rings. The van der Waals surface area contributed by atoms with E-state index in [1.165, 1.54) is 17.7 Å². The van der Waals surface area contributed by atoms with E-state index in [9.17, 15) is 5.26 Å². The SMILES string of the molecule is Cc1csc(/C(C#N)=C/Nc2ccc(-n3cnnn3)cc2)n1. The number of nitrogens with zero attached hydrogens (tertiary/aromatic N) is 6. The number of aryl methyl sites for hydroxylation is 1. The number of aromatic nitrogens is 5. The van der Waals surface area contributed by atoms with Gasteiger partial charge in [0.2, 0.25) is 0 Å². The third-order valence-electron chi connectivity index (χ3n) is 2.83. The van der Waals surface area contributed by atoms with E-state index in [1.807, 2.05) is 36.6 Å². The Kier molecular flexibility index (Phi) is 3.89. The van der Waals surface area contributed by atoms with Crippen molar-refractivity contribution in [2.45, 2.75) is 6.92 Å². The maximum Gasteiger partial charge on any atom is 0.143 e. The first-order chi connectivity index (χ1) is 10.8. The maximum atomic E-state index is 9.22. The molecule has 0 aliphatic carbocycles. The molecule has 1 aromatic carbocycles. The number of nitriles is 1. The van der Waals surface area contributed by atoms with E-state index in [0.29, 0.717) is 10.6 Å². The van der Waals surface area contributed by atoms with Crippen LogP contribution in [0.15, 0.2) is 42.2 Å². The first-order valence-corrected chi connectivity index (χ1v) is 7.27. The van der Waals surface area contributed by atoms with E-state index in [2.05, 4.69) is 31.9 Å². The minimum absolute atomic E-state index is 0.502. The van der Waals surface area contributed by atoms with Crippen molar-refractivity contribution in [2.24, 2.45) is 0 Å². The molecule has 2 heterocycles. The molecule has 2 aromatic heterocycles. The van der Waals surface area contributed by atoms with Crippen LogP contribution in [0, 0.1) is 18.3 Å². The number of hydrogen-bond donors (Lipinski definition) is 1. The van der Waals surface area contributed by atoms with E-state index >= 15 is 0 Å². The highest BCUT2D eigenvalue weighted by molar-refractivity contribution is 7.10. The van der Waals surface area contributed by atoms with Crippen LogP contribution in [0.4, 0.5) is 5.69 Å². The number of thiazole rings is 1. The topological polar surface area (TPSA) is 92.3 Å². The van der Waals surface area contributed by atoms with Gasteiger partial charge in [-0.2, -0.15) is 5.26 Å². The molecule has 1 N–H and O–H groups in total. The van der Waals surface area contributed by atoms with Gasteiger partial charge in [-0.25, -0.2) is 9.67 Å². The summed E-state index contributed by atoms with van der Waals surface area (Å²) in [5, 5.41) is 25.9. The van der Waals surface area contributed by atoms with Gasteiger partial charge in [-0.15, -0.1) is 16.4 Å². The molecule has 8 heteroatoms. The van der Waals surface area contributed by atoms with Gasteiger partial charge >= 0.3 is 0 Å². The molecular formula is C14H11N7S. The normalized spacial score (nSPS) is 11.2. The molecule has 0 aliphatic heterocycles. The van der Waals surface area contributed by atoms with Crippen molar-refractivity contribution in [2.75, 3.05) is 5.32 Å². The first kappa shape index (κ1) is 13.9. The zero-order chi connectivity index (χ0) is 15.4.